The Morgan fingerprint density at radius 1 is 1.40 bits per heavy atom. The van der Waals surface area contributed by atoms with Gasteiger partial charge in [0.25, 0.3) is 0 Å². The Hall–Kier alpha value is -1.79. The molecule has 2 aliphatic heterocycles. The molecule has 0 radical (unpaired) electrons. The second kappa shape index (κ2) is 5.68. The van der Waals surface area contributed by atoms with Gasteiger partial charge in [0.2, 0.25) is 5.91 Å². The number of aliphatic carboxylic acids is 1. The molecule has 0 aromatic heterocycles. The quantitative estimate of drug-likeness (QED) is 0.777. The number of carbonyl (C=O) groups excluding carboxylic acids is 2. The van der Waals surface area contributed by atoms with E-state index in [1.54, 1.807) is 0 Å². The van der Waals surface area contributed by atoms with Gasteiger partial charge in [-0.1, -0.05) is 13.3 Å². The average Bonchev–Trinajstić information content (AvgIpc) is 2.83. The van der Waals surface area contributed by atoms with Crippen LogP contribution in [0.3, 0.4) is 0 Å². The van der Waals surface area contributed by atoms with E-state index in [0.717, 1.165) is 0 Å². The molecule has 0 spiro atoms. The lowest BCUT2D eigenvalue weighted by Gasteiger charge is -2.39. The van der Waals surface area contributed by atoms with Crippen LogP contribution in [0.15, 0.2) is 0 Å². The molecular weight excluding hydrogens is 262 g/mol. The van der Waals surface area contributed by atoms with Gasteiger partial charge in [-0.3, -0.25) is 4.79 Å². The van der Waals surface area contributed by atoms with E-state index in [0.29, 0.717) is 45.3 Å². The van der Waals surface area contributed by atoms with E-state index < -0.39 is 11.5 Å². The van der Waals surface area contributed by atoms with Gasteiger partial charge in [-0.15, -0.1) is 0 Å². The van der Waals surface area contributed by atoms with Gasteiger partial charge in [-0.05, 0) is 19.3 Å². The van der Waals surface area contributed by atoms with E-state index in [1.165, 1.54) is 9.80 Å². The molecule has 0 aromatic rings. The van der Waals surface area contributed by atoms with Crippen LogP contribution in [0, 0.1) is 0 Å². The summed E-state index contributed by atoms with van der Waals surface area (Å²) >= 11 is 0. The highest BCUT2D eigenvalue weighted by Gasteiger charge is 2.50. The lowest BCUT2D eigenvalue weighted by Crippen LogP contribution is -2.60. The smallest absolute Gasteiger partial charge is 0.329 e. The van der Waals surface area contributed by atoms with Crippen molar-refractivity contribution >= 4 is 17.9 Å². The fraction of sp³-hybridized carbons (Fsp3) is 0.769. The van der Waals surface area contributed by atoms with E-state index in [-0.39, 0.29) is 18.5 Å². The SMILES string of the molecule is CCCC1(C(=O)O)CCCN1C(=O)N1CCNC(=O)C1. The molecular formula is C13H21N3O4. The molecule has 2 N–H and O–H groups in total. The van der Waals surface area contributed by atoms with Crippen LogP contribution < -0.4 is 5.32 Å². The molecule has 1 atom stereocenters. The van der Waals surface area contributed by atoms with Gasteiger partial charge >= 0.3 is 12.0 Å². The normalized spacial score (nSPS) is 26.6. The molecule has 3 amide bonds. The molecule has 2 rings (SSSR count). The Labute approximate surface area is 117 Å². The predicted molar refractivity (Wildman–Crippen MR) is 71.2 cm³/mol. The van der Waals surface area contributed by atoms with E-state index in [9.17, 15) is 19.5 Å². The molecule has 0 saturated carbocycles. The van der Waals surface area contributed by atoms with E-state index in [2.05, 4.69) is 5.32 Å². The van der Waals surface area contributed by atoms with Crippen LogP contribution in [-0.4, -0.2) is 64.5 Å². The maximum absolute atomic E-state index is 12.5. The van der Waals surface area contributed by atoms with Gasteiger partial charge in [0.05, 0.1) is 0 Å². The number of carboxylic acid groups (broad SMARTS) is 1. The zero-order valence-corrected chi connectivity index (χ0v) is 11.7. The number of rotatable bonds is 3. The molecule has 2 saturated heterocycles. The minimum atomic E-state index is -1.10. The summed E-state index contributed by atoms with van der Waals surface area (Å²) in [6.45, 7) is 3.23. The van der Waals surface area contributed by atoms with Gasteiger partial charge in [0.1, 0.15) is 12.1 Å². The highest BCUT2D eigenvalue weighted by Crippen LogP contribution is 2.34. The summed E-state index contributed by atoms with van der Waals surface area (Å²) in [5, 5.41) is 12.2. The average molecular weight is 283 g/mol. The number of urea groups is 1. The minimum absolute atomic E-state index is 0.0111. The molecule has 0 bridgehead atoms. The zero-order valence-electron chi connectivity index (χ0n) is 11.7. The maximum Gasteiger partial charge on any atom is 0.329 e. The number of likely N-dealkylation sites (tertiary alicyclic amines) is 1. The molecule has 112 valence electrons. The van der Waals surface area contributed by atoms with Crippen molar-refractivity contribution in [3.8, 4) is 0 Å². The zero-order chi connectivity index (χ0) is 14.8. The molecule has 1 unspecified atom stereocenters. The van der Waals surface area contributed by atoms with Crippen LogP contribution in [0.4, 0.5) is 4.79 Å². The molecule has 2 fully saturated rings. The second-order valence-corrected chi connectivity index (χ2v) is 5.40. The van der Waals surface area contributed by atoms with Gasteiger partial charge in [0.15, 0.2) is 0 Å². The maximum atomic E-state index is 12.5. The first kappa shape index (κ1) is 14.6. The number of amides is 3. The summed E-state index contributed by atoms with van der Waals surface area (Å²) in [6.07, 6.45) is 2.34. The van der Waals surface area contributed by atoms with Gasteiger partial charge < -0.3 is 20.2 Å². The minimum Gasteiger partial charge on any atom is -0.479 e. The van der Waals surface area contributed by atoms with Gasteiger partial charge in [0, 0.05) is 19.6 Å². The van der Waals surface area contributed by atoms with E-state index in [1.807, 2.05) is 6.92 Å². The Morgan fingerprint density at radius 3 is 2.75 bits per heavy atom. The number of nitrogens with zero attached hydrogens (tertiary/aromatic N) is 2. The van der Waals surface area contributed by atoms with Gasteiger partial charge in [-0.25, -0.2) is 9.59 Å². The Bertz CT molecular complexity index is 426. The monoisotopic (exact) mass is 283 g/mol. The van der Waals surface area contributed by atoms with Crippen molar-refractivity contribution in [3.63, 3.8) is 0 Å². The Balaban J connectivity index is 2.18. The van der Waals surface area contributed by atoms with Crippen molar-refractivity contribution in [2.45, 2.75) is 38.1 Å². The number of hydrogen-bond acceptors (Lipinski definition) is 3. The van der Waals surface area contributed by atoms with Crippen molar-refractivity contribution in [1.29, 1.82) is 0 Å². The summed E-state index contributed by atoms with van der Waals surface area (Å²) in [5.74, 6) is -1.13. The van der Waals surface area contributed by atoms with Crippen LogP contribution in [-0.2, 0) is 9.59 Å². The molecule has 2 heterocycles. The summed E-state index contributed by atoms with van der Waals surface area (Å²) in [7, 11) is 0. The lowest BCUT2D eigenvalue weighted by atomic mass is 9.91. The highest BCUT2D eigenvalue weighted by molar-refractivity contribution is 5.90. The number of piperazine rings is 1. The fourth-order valence-corrected chi connectivity index (χ4v) is 3.13. The number of nitrogens with one attached hydrogen (secondary N) is 1. The summed E-state index contributed by atoms with van der Waals surface area (Å²) in [4.78, 5) is 38.5. The van der Waals surface area contributed by atoms with Crippen molar-refractivity contribution in [2.75, 3.05) is 26.2 Å². The number of carboxylic acids is 1. The Kier molecular flexibility index (Phi) is 4.15. The molecule has 20 heavy (non-hydrogen) atoms. The second-order valence-electron chi connectivity index (χ2n) is 5.40. The highest BCUT2D eigenvalue weighted by atomic mass is 16.4. The largest absolute Gasteiger partial charge is 0.479 e. The van der Waals surface area contributed by atoms with Crippen molar-refractivity contribution in [1.82, 2.24) is 15.1 Å². The van der Waals surface area contributed by atoms with Gasteiger partial charge in [-0.2, -0.15) is 0 Å². The molecule has 2 aliphatic rings. The number of carbonyl (C=O) groups is 3. The summed E-state index contributed by atoms with van der Waals surface area (Å²) in [6, 6.07) is -0.326. The van der Waals surface area contributed by atoms with Crippen LogP contribution in [0.5, 0.6) is 0 Å². The van der Waals surface area contributed by atoms with Crippen molar-refractivity contribution < 1.29 is 19.5 Å². The third-order valence-corrected chi connectivity index (χ3v) is 4.09. The third kappa shape index (κ3) is 2.44. The fourth-order valence-electron chi connectivity index (χ4n) is 3.13. The van der Waals surface area contributed by atoms with E-state index >= 15 is 0 Å². The predicted octanol–water partition coefficient (Wildman–Crippen LogP) is 0.258. The molecule has 0 aromatic carbocycles. The molecule has 7 heteroatoms. The van der Waals surface area contributed by atoms with Crippen LogP contribution in [0.25, 0.3) is 0 Å². The first-order valence-electron chi connectivity index (χ1n) is 7.08. The number of hydrogen-bond donors (Lipinski definition) is 2. The summed E-state index contributed by atoms with van der Waals surface area (Å²) < 4.78 is 0. The van der Waals surface area contributed by atoms with Crippen LogP contribution in [0.2, 0.25) is 0 Å². The van der Waals surface area contributed by atoms with E-state index in [4.69, 9.17) is 0 Å². The third-order valence-electron chi connectivity index (χ3n) is 4.09. The van der Waals surface area contributed by atoms with Crippen molar-refractivity contribution in [3.05, 3.63) is 0 Å². The first-order valence-corrected chi connectivity index (χ1v) is 7.08. The molecule has 0 aliphatic carbocycles. The lowest BCUT2D eigenvalue weighted by molar-refractivity contribution is -0.148. The Morgan fingerprint density at radius 2 is 2.15 bits per heavy atom. The van der Waals surface area contributed by atoms with Crippen LogP contribution >= 0.6 is 0 Å². The summed E-state index contributed by atoms with van der Waals surface area (Å²) in [5.41, 5.74) is -1.10. The first-order chi connectivity index (χ1) is 9.51. The van der Waals surface area contributed by atoms with Crippen LogP contribution in [0.1, 0.15) is 32.6 Å². The molecule has 7 nitrogen and oxygen atoms in total. The van der Waals surface area contributed by atoms with Crippen molar-refractivity contribution in [2.24, 2.45) is 0 Å². The topological polar surface area (TPSA) is 89.9 Å². The standard InChI is InChI=1S/C13H21N3O4/c1-2-4-13(11(18)19)5-3-7-16(13)12(20)15-8-6-14-10(17)9-15/h2-9H2,1H3,(H,14,17)(H,18,19).